The summed E-state index contributed by atoms with van der Waals surface area (Å²) in [6.07, 6.45) is 2.38. The van der Waals surface area contributed by atoms with Crippen LogP contribution in [0.15, 0.2) is 41.7 Å². The van der Waals surface area contributed by atoms with Crippen LogP contribution in [0.3, 0.4) is 0 Å². The normalized spacial score (nSPS) is 10.9. The summed E-state index contributed by atoms with van der Waals surface area (Å²) < 4.78 is 7.44. The predicted molar refractivity (Wildman–Crippen MR) is 98.6 cm³/mol. The van der Waals surface area contributed by atoms with Crippen molar-refractivity contribution in [3.63, 3.8) is 0 Å². The fraction of sp³-hybridized carbons (Fsp3) is 0.400. The Morgan fingerprint density at radius 2 is 2.04 bits per heavy atom. The summed E-state index contributed by atoms with van der Waals surface area (Å²) in [6.45, 7) is 12.8. The Hall–Kier alpha value is -2.36. The molecule has 4 heteroatoms. The summed E-state index contributed by atoms with van der Waals surface area (Å²) >= 11 is 0. The van der Waals surface area contributed by atoms with E-state index in [1.165, 1.54) is 0 Å². The van der Waals surface area contributed by atoms with Crippen molar-refractivity contribution in [2.75, 3.05) is 6.61 Å². The molecular formula is C20H26N2O2. The first kappa shape index (κ1) is 18.0. The zero-order valence-corrected chi connectivity index (χ0v) is 15.0. The molecule has 0 aliphatic rings. The third kappa shape index (κ3) is 3.75. The van der Waals surface area contributed by atoms with Gasteiger partial charge in [0.05, 0.1) is 5.56 Å². The molecule has 0 N–H and O–H groups in total. The molecule has 0 saturated carbocycles. The molecule has 4 nitrogen and oxygen atoms in total. The molecule has 0 amide bonds. The van der Waals surface area contributed by atoms with Crippen LogP contribution < -0.4 is 10.3 Å². The predicted octanol–water partition coefficient (Wildman–Crippen LogP) is 4.00. The third-order valence-corrected chi connectivity index (χ3v) is 3.81. The number of aryl methyl sites for hydroxylation is 2. The second-order valence-corrected chi connectivity index (χ2v) is 6.30. The lowest BCUT2D eigenvalue weighted by Crippen LogP contribution is -2.29. The molecular weight excluding hydrogens is 300 g/mol. The molecule has 0 fully saturated rings. The molecule has 0 bridgehead atoms. The topological polar surface area (TPSA) is 44.1 Å². The molecule has 0 atom stereocenters. The fourth-order valence-electron chi connectivity index (χ4n) is 2.70. The molecule has 0 unspecified atom stereocenters. The molecule has 1 heterocycles. The summed E-state index contributed by atoms with van der Waals surface area (Å²) in [5.74, 6) is 0.918. The van der Waals surface area contributed by atoms with E-state index in [2.05, 4.69) is 25.5 Å². The largest absolute Gasteiger partial charge is 0.487 e. The number of aromatic nitrogens is 2. The lowest BCUT2D eigenvalue weighted by Gasteiger charge is -2.18. The van der Waals surface area contributed by atoms with Gasteiger partial charge in [-0.05, 0) is 30.4 Å². The Bertz CT molecular complexity index is 776. The number of hydrogen-bond donors (Lipinski definition) is 0. The summed E-state index contributed by atoms with van der Waals surface area (Å²) in [5, 5.41) is 4.54. The minimum atomic E-state index is -0.103. The molecule has 1 aromatic heterocycles. The van der Waals surface area contributed by atoms with E-state index in [1.807, 2.05) is 38.1 Å². The summed E-state index contributed by atoms with van der Waals surface area (Å²) in [5.41, 5.74) is 3.24. The average molecular weight is 326 g/mol. The van der Waals surface area contributed by atoms with E-state index in [4.69, 9.17) is 4.74 Å². The number of rotatable bonds is 7. The SMILES string of the molecule is C=CCOc1c(CC)nn(CC(C)C)c(=O)c1-c1ccccc1C. The van der Waals surface area contributed by atoms with Crippen molar-refractivity contribution in [2.24, 2.45) is 5.92 Å². The molecule has 24 heavy (non-hydrogen) atoms. The van der Waals surface area contributed by atoms with Crippen LogP contribution in [0.1, 0.15) is 32.0 Å². The van der Waals surface area contributed by atoms with Crippen molar-refractivity contribution < 1.29 is 4.74 Å². The Morgan fingerprint density at radius 3 is 2.62 bits per heavy atom. The minimum Gasteiger partial charge on any atom is -0.487 e. The minimum absolute atomic E-state index is 0.103. The molecule has 0 spiro atoms. The van der Waals surface area contributed by atoms with E-state index in [1.54, 1.807) is 10.8 Å². The maximum Gasteiger partial charge on any atom is 0.278 e. The van der Waals surface area contributed by atoms with Gasteiger partial charge in [0, 0.05) is 6.54 Å². The third-order valence-electron chi connectivity index (χ3n) is 3.81. The first-order valence-electron chi connectivity index (χ1n) is 8.43. The highest BCUT2D eigenvalue weighted by atomic mass is 16.5. The highest BCUT2D eigenvalue weighted by molar-refractivity contribution is 5.73. The summed E-state index contributed by atoms with van der Waals surface area (Å²) in [6, 6.07) is 7.88. The van der Waals surface area contributed by atoms with Crippen molar-refractivity contribution in [1.82, 2.24) is 9.78 Å². The van der Waals surface area contributed by atoms with E-state index < -0.39 is 0 Å². The van der Waals surface area contributed by atoms with Crippen LogP contribution in [0.2, 0.25) is 0 Å². The van der Waals surface area contributed by atoms with Crippen molar-refractivity contribution >= 4 is 0 Å². The molecule has 0 aliphatic heterocycles. The lowest BCUT2D eigenvalue weighted by atomic mass is 10.00. The van der Waals surface area contributed by atoms with Gasteiger partial charge in [0.1, 0.15) is 12.3 Å². The summed E-state index contributed by atoms with van der Waals surface area (Å²) in [7, 11) is 0. The number of benzene rings is 1. The van der Waals surface area contributed by atoms with Crippen molar-refractivity contribution in [1.29, 1.82) is 0 Å². The van der Waals surface area contributed by atoms with Gasteiger partial charge in [-0.25, -0.2) is 4.68 Å². The van der Waals surface area contributed by atoms with Gasteiger partial charge in [-0.3, -0.25) is 4.79 Å². The molecule has 0 radical (unpaired) electrons. The van der Waals surface area contributed by atoms with Crippen molar-refractivity contribution in [3.8, 4) is 16.9 Å². The van der Waals surface area contributed by atoms with Crippen LogP contribution in [0.5, 0.6) is 5.75 Å². The molecule has 1 aromatic carbocycles. The van der Waals surface area contributed by atoms with Gasteiger partial charge in [-0.1, -0.05) is 57.7 Å². The Morgan fingerprint density at radius 1 is 1.33 bits per heavy atom. The van der Waals surface area contributed by atoms with Crippen molar-refractivity contribution in [2.45, 2.75) is 40.7 Å². The van der Waals surface area contributed by atoms with Crippen LogP contribution in [-0.2, 0) is 13.0 Å². The van der Waals surface area contributed by atoms with E-state index >= 15 is 0 Å². The van der Waals surface area contributed by atoms with E-state index in [-0.39, 0.29) is 5.56 Å². The number of nitrogens with zero attached hydrogens (tertiary/aromatic N) is 2. The molecule has 0 aliphatic carbocycles. The van der Waals surface area contributed by atoms with Gasteiger partial charge in [0.15, 0.2) is 5.75 Å². The second-order valence-electron chi connectivity index (χ2n) is 6.30. The smallest absolute Gasteiger partial charge is 0.278 e. The average Bonchev–Trinajstić information content (AvgIpc) is 2.55. The van der Waals surface area contributed by atoms with Crippen LogP contribution in [0.25, 0.3) is 11.1 Å². The van der Waals surface area contributed by atoms with Gasteiger partial charge in [-0.15, -0.1) is 0 Å². The first-order chi connectivity index (χ1) is 11.5. The van der Waals surface area contributed by atoms with E-state index in [9.17, 15) is 4.79 Å². The molecule has 2 aromatic rings. The molecule has 0 saturated heterocycles. The standard InChI is InChI=1S/C20H26N2O2/c1-6-12-24-19-17(7-2)21-22(13-14(3)4)20(23)18(19)16-11-9-8-10-15(16)5/h6,8-11,14H,1,7,12-13H2,2-5H3. The number of ether oxygens (including phenoxy) is 1. The van der Waals surface area contributed by atoms with Gasteiger partial charge in [0.25, 0.3) is 5.56 Å². The van der Waals surface area contributed by atoms with E-state index in [0.29, 0.717) is 36.8 Å². The maximum atomic E-state index is 13.1. The highest BCUT2D eigenvalue weighted by Crippen LogP contribution is 2.31. The van der Waals surface area contributed by atoms with Gasteiger partial charge >= 0.3 is 0 Å². The Balaban J connectivity index is 2.78. The van der Waals surface area contributed by atoms with Crippen LogP contribution in [0.4, 0.5) is 0 Å². The molecule has 128 valence electrons. The maximum absolute atomic E-state index is 13.1. The zero-order chi connectivity index (χ0) is 17.7. The monoisotopic (exact) mass is 326 g/mol. The van der Waals surface area contributed by atoms with Crippen LogP contribution in [-0.4, -0.2) is 16.4 Å². The first-order valence-corrected chi connectivity index (χ1v) is 8.43. The molecule has 2 rings (SSSR count). The van der Waals surface area contributed by atoms with Gasteiger partial charge < -0.3 is 4.74 Å². The number of hydrogen-bond acceptors (Lipinski definition) is 3. The Kier molecular flexibility index (Phi) is 5.96. The Labute approximate surface area is 143 Å². The zero-order valence-electron chi connectivity index (χ0n) is 15.0. The second kappa shape index (κ2) is 7.95. The fourth-order valence-corrected chi connectivity index (χ4v) is 2.70. The highest BCUT2D eigenvalue weighted by Gasteiger charge is 2.21. The quantitative estimate of drug-likeness (QED) is 0.722. The summed E-state index contributed by atoms with van der Waals surface area (Å²) in [4.78, 5) is 13.1. The van der Waals surface area contributed by atoms with Gasteiger partial charge in [-0.2, -0.15) is 5.10 Å². The van der Waals surface area contributed by atoms with Gasteiger partial charge in [0.2, 0.25) is 0 Å². The van der Waals surface area contributed by atoms with E-state index in [0.717, 1.165) is 16.8 Å². The van der Waals surface area contributed by atoms with Crippen LogP contribution >= 0.6 is 0 Å². The van der Waals surface area contributed by atoms with Crippen molar-refractivity contribution in [3.05, 3.63) is 58.5 Å². The van der Waals surface area contributed by atoms with Crippen LogP contribution in [0, 0.1) is 12.8 Å². The lowest BCUT2D eigenvalue weighted by molar-refractivity contribution is 0.350.